The quantitative estimate of drug-likeness (QED) is 0.483. The summed E-state index contributed by atoms with van der Waals surface area (Å²) < 4.78 is 0. The van der Waals surface area contributed by atoms with Gasteiger partial charge in [0.15, 0.2) is 0 Å². The van der Waals surface area contributed by atoms with Crippen LogP contribution in [0.5, 0.6) is 0 Å². The standard InChI is InChI=1S/C21H14N2O3/c24-21(17-11-13-18(14-12-17)23(25)26)22-19-7-3-1-5-15(19)9-10-16-6-2-4-8-20(16)22/h1-14H. The molecule has 0 aliphatic carbocycles. The van der Waals surface area contributed by atoms with Gasteiger partial charge in [-0.1, -0.05) is 48.6 Å². The number of fused-ring (bicyclic) bond motifs is 2. The third kappa shape index (κ3) is 2.65. The Balaban J connectivity index is 1.85. The first-order valence-electron chi connectivity index (χ1n) is 8.10. The van der Waals surface area contributed by atoms with Crippen molar-refractivity contribution in [2.24, 2.45) is 0 Å². The van der Waals surface area contributed by atoms with Gasteiger partial charge in [-0.2, -0.15) is 0 Å². The maximum Gasteiger partial charge on any atom is 0.269 e. The van der Waals surface area contributed by atoms with Crippen LogP contribution in [-0.4, -0.2) is 10.8 Å². The van der Waals surface area contributed by atoms with Gasteiger partial charge in [0, 0.05) is 17.7 Å². The summed E-state index contributed by atoms with van der Waals surface area (Å²) in [6.07, 6.45) is 3.97. The number of amides is 1. The fourth-order valence-corrected chi connectivity index (χ4v) is 3.05. The first-order valence-corrected chi connectivity index (χ1v) is 8.10. The molecule has 1 heterocycles. The van der Waals surface area contributed by atoms with Gasteiger partial charge >= 0.3 is 0 Å². The molecule has 5 nitrogen and oxygen atoms in total. The van der Waals surface area contributed by atoms with Crippen molar-refractivity contribution in [2.45, 2.75) is 0 Å². The minimum atomic E-state index is -0.477. The van der Waals surface area contributed by atoms with E-state index in [4.69, 9.17) is 0 Å². The van der Waals surface area contributed by atoms with Crippen LogP contribution in [0.1, 0.15) is 21.5 Å². The largest absolute Gasteiger partial charge is 0.276 e. The summed E-state index contributed by atoms with van der Waals surface area (Å²) in [7, 11) is 0. The van der Waals surface area contributed by atoms with E-state index in [-0.39, 0.29) is 11.6 Å². The zero-order valence-electron chi connectivity index (χ0n) is 13.7. The zero-order chi connectivity index (χ0) is 18.1. The molecule has 4 rings (SSSR count). The van der Waals surface area contributed by atoms with Crippen LogP contribution >= 0.6 is 0 Å². The molecular weight excluding hydrogens is 328 g/mol. The van der Waals surface area contributed by atoms with Crippen LogP contribution in [0.15, 0.2) is 72.8 Å². The van der Waals surface area contributed by atoms with Crippen LogP contribution in [0.4, 0.5) is 17.1 Å². The highest BCUT2D eigenvalue weighted by Crippen LogP contribution is 2.37. The molecule has 0 N–H and O–H groups in total. The lowest BCUT2D eigenvalue weighted by Gasteiger charge is -2.25. The molecule has 0 atom stereocenters. The van der Waals surface area contributed by atoms with Crippen molar-refractivity contribution in [3.63, 3.8) is 0 Å². The number of nitro benzene ring substituents is 1. The van der Waals surface area contributed by atoms with E-state index < -0.39 is 4.92 Å². The number of carbonyl (C=O) groups is 1. The van der Waals surface area contributed by atoms with Crippen LogP contribution in [-0.2, 0) is 0 Å². The van der Waals surface area contributed by atoms with Gasteiger partial charge in [0.25, 0.3) is 11.6 Å². The molecule has 5 heteroatoms. The molecule has 26 heavy (non-hydrogen) atoms. The Morgan fingerprint density at radius 1 is 0.769 bits per heavy atom. The van der Waals surface area contributed by atoms with Gasteiger partial charge in [0.2, 0.25) is 0 Å². The number of para-hydroxylation sites is 2. The number of nitrogens with zero attached hydrogens (tertiary/aromatic N) is 2. The second kappa shape index (κ2) is 6.29. The Labute approximate surface area is 150 Å². The molecular formula is C21H14N2O3. The van der Waals surface area contributed by atoms with Gasteiger partial charge in [0.1, 0.15) is 0 Å². The summed E-state index contributed by atoms with van der Waals surface area (Å²) in [5, 5.41) is 10.9. The number of benzene rings is 3. The van der Waals surface area contributed by atoms with Gasteiger partial charge in [-0.3, -0.25) is 19.8 Å². The first kappa shape index (κ1) is 15.8. The summed E-state index contributed by atoms with van der Waals surface area (Å²) >= 11 is 0. The molecule has 0 spiro atoms. The summed E-state index contributed by atoms with van der Waals surface area (Å²) in [6, 6.07) is 21.0. The summed E-state index contributed by atoms with van der Waals surface area (Å²) in [5.41, 5.74) is 3.76. The summed E-state index contributed by atoms with van der Waals surface area (Å²) in [4.78, 5) is 25.3. The molecule has 3 aromatic rings. The average molecular weight is 342 g/mol. The van der Waals surface area contributed by atoms with Gasteiger partial charge in [0.05, 0.1) is 16.3 Å². The summed E-state index contributed by atoms with van der Waals surface area (Å²) in [6.45, 7) is 0. The third-order valence-corrected chi connectivity index (χ3v) is 4.33. The van der Waals surface area contributed by atoms with Crippen molar-refractivity contribution < 1.29 is 9.72 Å². The molecule has 0 aromatic heterocycles. The van der Waals surface area contributed by atoms with Crippen LogP contribution < -0.4 is 4.90 Å². The molecule has 0 unspecified atom stereocenters. The minimum absolute atomic E-state index is 0.0418. The fourth-order valence-electron chi connectivity index (χ4n) is 3.05. The highest BCUT2D eigenvalue weighted by atomic mass is 16.6. The van der Waals surface area contributed by atoms with E-state index in [1.54, 1.807) is 4.90 Å². The monoisotopic (exact) mass is 342 g/mol. The molecule has 0 saturated heterocycles. The Bertz CT molecular complexity index is 990. The molecule has 1 aliphatic heterocycles. The average Bonchev–Trinajstić information content (AvgIpc) is 2.84. The number of carbonyl (C=O) groups excluding carboxylic acids is 1. The molecule has 0 fully saturated rings. The molecule has 0 bridgehead atoms. The maximum absolute atomic E-state index is 13.3. The minimum Gasteiger partial charge on any atom is -0.276 e. The third-order valence-electron chi connectivity index (χ3n) is 4.33. The van der Waals surface area contributed by atoms with Crippen molar-refractivity contribution in [3.05, 3.63) is 99.6 Å². The molecule has 1 aliphatic rings. The van der Waals surface area contributed by atoms with Crippen LogP contribution in [0.25, 0.3) is 12.2 Å². The van der Waals surface area contributed by atoms with E-state index in [2.05, 4.69) is 0 Å². The predicted molar refractivity (Wildman–Crippen MR) is 101 cm³/mol. The topological polar surface area (TPSA) is 63.4 Å². The van der Waals surface area contributed by atoms with E-state index in [1.165, 1.54) is 24.3 Å². The highest BCUT2D eigenvalue weighted by molar-refractivity contribution is 6.14. The molecule has 126 valence electrons. The van der Waals surface area contributed by atoms with Crippen LogP contribution in [0.3, 0.4) is 0 Å². The van der Waals surface area contributed by atoms with Crippen LogP contribution in [0, 0.1) is 10.1 Å². The number of hydrogen-bond acceptors (Lipinski definition) is 3. The van der Waals surface area contributed by atoms with Crippen molar-refractivity contribution in [3.8, 4) is 0 Å². The number of rotatable bonds is 2. The lowest BCUT2D eigenvalue weighted by Crippen LogP contribution is -2.26. The Hall–Kier alpha value is -3.73. The maximum atomic E-state index is 13.3. The Morgan fingerprint density at radius 2 is 1.27 bits per heavy atom. The summed E-state index contributed by atoms with van der Waals surface area (Å²) in [5.74, 6) is -0.233. The van der Waals surface area contributed by atoms with E-state index in [1.807, 2.05) is 60.7 Å². The van der Waals surface area contributed by atoms with E-state index in [0.717, 1.165) is 22.5 Å². The Kier molecular flexibility index (Phi) is 3.82. The Morgan fingerprint density at radius 3 is 1.77 bits per heavy atom. The number of non-ortho nitro benzene ring substituents is 1. The van der Waals surface area contributed by atoms with E-state index in [0.29, 0.717) is 5.56 Å². The van der Waals surface area contributed by atoms with Gasteiger partial charge in [-0.25, -0.2) is 0 Å². The first-order chi connectivity index (χ1) is 12.6. The number of anilines is 2. The zero-order valence-corrected chi connectivity index (χ0v) is 13.7. The van der Waals surface area contributed by atoms with Crippen molar-refractivity contribution in [2.75, 3.05) is 4.90 Å². The molecule has 1 amide bonds. The highest BCUT2D eigenvalue weighted by Gasteiger charge is 2.25. The predicted octanol–water partition coefficient (Wildman–Crippen LogP) is 5.06. The van der Waals surface area contributed by atoms with E-state index >= 15 is 0 Å². The second-order valence-corrected chi connectivity index (χ2v) is 5.90. The smallest absolute Gasteiger partial charge is 0.269 e. The van der Waals surface area contributed by atoms with Crippen LogP contribution in [0.2, 0.25) is 0 Å². The van der Waals surface area contributed by atoms with Crippen molar-refractivity contribution in [1.82, 2.24) is 0 Å². The number of hydrogen-bond donors (Lipinski definition) is 0. The molecule has 3 aromatic carbocycles. The molecule has 0 radical (unpaired) electrons. The second-order valence-electron chi connectivity index (χ2n) is 5.90. The van der Waals surface area contributed by atoms with Gasteiger partial charge in [-0.05, 0) is 35.4 Å². The fraction of sp³-hybridized carbons (Fsp3) is 0. The van der Waals surface area contributed by atoms with Gasteiger partial charge in [-0.15, -0.1) is 0 Å². The molecule has 0 saturated carbocycles. The van der Waals surface area contributed by atoms with Crippen molar-refractivity contribution in [1.29, 1.82) is 0 Å². The normalized spacial score (nSPS) is 12.1. The van der Waals surface area contributed by atoms with E-state index in [9.17, 15) is 14.9 Å². The lowest BCUT2D eigenvalue weighted by molar-refractivity contribution is -0.384. The van der Waals surface area contributed by atoms with Crippen molar-refractivity contribution >= 4 is 35.1 Å². The van der Waals surface area contributed by atoms with Gasteiger partial charge < -0.3 is 0 Å². The number of nitro groups is 1. The SMILES string of the molecule is O=C(c1ccc([N+](=O)[O-])cc1)N1c2ccccc2C=Cc2ccccc21. The lowest BCUT2D eigenvalue weighted by atomic mass is 10.1.